The SMILES string of the molecule is Cc1cc2c(N)c(-c3ccccc3)cc(C#N)c2cn1. The molecule has 3 heteroatoms. The number of nitrogens with zero attached hydrogens (tertiary/aromatic N) is 2. The second-order valence-electron chi connectivity index (χ2n) is 4.73. The first-order chi connectivity index (χ1) is 9.70. The highest BCUT2D eigenvalue weighted by Gasteiger charge is 2.11. The average molecular weight is 259 g/mol. The van der Waals surface area contributed by atoms with Crippen LogP contribution in [-0.4, -0.2) is 4.98 Å². The maximum Gasteiger partial charge on any atom is 0.0999 e. The number of nitrogens with two attached hydrogens (primary N) is 1. The minimum atomic E-state index is 0.598. The molecular weight excluding hydrogens is 246 g/mol. The Kier molecular flexibility index (Phi) is 2.85. The van der Waals surface area contributed by atoms with E-state index >= 15 is 0 Å². The topological polar surface area (TPSA) is 62.7 Å². The molecule has 0 fully saturated rings. The minimum Gasteiger partial charge on any atom is -0.398 e. The Bertz CT molecular complexity index is 830. The third kappa shape index (κ3) is 1.88. The van der Waals surface area contributed by atoms with E-state index in [1.807, 2.05) is 49.4 Å². The molecule has 3 nitrogen and oxygen atoms in total. The van der Waals surface area contributed by atoms with Crippen molar-refractivity contribution in [1.82, 2.24) is 4.98 Å². The summed E-state index contributed by atoms with van der Waals surface area (Å²) in [6, 6.07) is 15.9. The van der Waals surface area contributed by atoms with Gasteiger partial charge in [-0.05, 0) is 24.6 Å². The molecule has 0 aliphatic carbocycles. The van der Waals surface area contributed by atoms with Crippen LogP contribution in [0.5, 0.6) is 0 Å². The summed E-state index contributed by atoms with van der Waals surface area (Å²) in [7, 11) is 0. The summed E-state index contributed by atoms with van der Waals surface area (Å²) in [6.45, 7) is 1.92. The van der Waals surface area contributed by atoms with Crippen LogP contribution < -0.4 is 5.73 Å². The molecule has 0 aliphatic heterocycles. The first-order valence-electron chi connectivity index (χ1n) is 6.35. The van der Waals surface area contributed by atoms with Gasteiger partial charge in [0, 0.05) is 33.9 Å². The summed E-state index contributed by atoms with van der Waals surface area (Å²) in [5, 5.41) is 11.0. The molecule has 0 atom stereocenters. The van der Waals surface area contributed by atoms with E-state index in [0.717, 1.165) is 27.6 Å². The maximum absolute atomic E-state index is 9.35. The van der Waals surface area contributed by atoms with Crippen LogP contribution in [-0.2, 0) is 0 Å². The largest absolute Gasteiger partial charge is 0.398 e. The smallest absolute Gasteiger partial charge is 0.0999 e. The molecular formula is C17H13N3. The van der Waals surface area contributed by atoms with E-state index in [4.69, 9.17) is 5.73 Å². The lowest BCUT2D eigenvalue weighted by Gasteiger charge is -2.11. The molecule has 1 aromatic heterocycles. The molecule has 3 aromatic rings. The third-order valence-corrected chi connectivity index (χ3v) is 3.41. The number of benzene rings is 2. The van der Waals surface area contributed by atoms with Crippen LogP contribution in [0.15, 0.2) is 48.7 Å². The number of aryl methyl sites for hydroxylation is 1. The molecule has 0 radical (unpaired) electrons. The molecule has 2 N–H and O–H groups in total. The standard InChI is InChI=1S/C17H13N3/c1-11-7-15-16(10-20-11)13(9-18)8-14(17(15)19)12-5-3-2-4-6-12/h2-8,10H,19H2,1H3. The zero-order valence-electron chi connectivity index (χ0n) is 11.1. The van der Waals surface area contributed by atoms with Gasteiger partial charge in [-0.25, -0.2) is 0 Å². The number of pyridine rings is 1. The Morgan fingerprint density at radius 2 is 1.85 bits per heavy atom. The molecule has 0 unspecified atom stereocenters. The van der Waals surface area contributed by atoms with E-state index in [-0.39, 0.29) is 0 Å². The van der Waals surface area contributed by atoms with Crippen LogP contribution in [0.25, 0.3) is 21.9 Å². The van der Waals surface area contributed by atoms with Crippen molar-refractivity contribution >= 4 is 16.5 Å². The lowest BCUT2D eigenvalue weighted by molar-refractivity contribution is 1.22. The monoisotopic (exact) mass is 259 g/mol. The van der Waals surface area contributed by atoms with Gasteiger partial charge in [0.25, 0.3) is 0 Å². The highest BCUT2D eigenvalue weighted by Crippen LogP contribution is 2.34. The van der Waals surface area contributed by atoms with Crippen LogP contribution >= 0.6 is 0 Å². The second kappa shape index (κ2) is 4.67. The van der Waals surface area contributed by atoms with Gasteiger partial charge < -0.3 is 5.73 Å². The Balaban J connectivity index is 2.41. The molecule has 1 heterocycles. The van der Waals surface area contributed by atoms with Crippen molar-refractivity contribution in [2.75, 3.05) is 5.73 Å². The highest BCUT2D eigenvalue weighted by molar-refractivity contribution is 6.03. The third-order valence-electron chi connectivity index (χ3n) is 3.41. The number of hydrogen-bond acceptors (Lipinski definition) is 3. The van der Waals surface area contributed by atoms with Gasteiger partial charge in [0.1, 0.15) is 0 Å². The lowest BCUT2D eigenvalue weighted by atomic mass is 9.96. The Morgan fingerprint density at radius 3 is 2.55 bits per heavy atom. The van der Waals surface area contributed by atoms with Gasteiger partial charge >= 0.3 is 0 Å². The van der Waals surface area contributed by atoms with Gasteiger partial charge in [-0.15, -0.1) is 0 Å². The van der Waals surface area contributed by atoms with E-state index in [0.29, 0.717) is 11.3 Å². The van der Waals surface area contributed by atoms with Crippen molar-refractivity contribution in [1.29, 1.82) is 5.26 Å². The zero-order valence-corrected chi connectivity index (χ0v) is 11.1. The lowest BCUT2D eigenvalue weighted by Crippen LogP contribution is -1.96. The van der Waals surface area contributed by atoms with E-state index in [2.05, 4.69) is 11.1 Å². The quantitative estimate of drug-likeness (QED) is 0.678. The van der Waals surface area contributed by atoms with Crippen molar-refractivity contribution in [2.24, 2.45) is 0 Å². The first-order valence-corrected chi connectivity index (χ1v) is 6.35. The maximum atomic E-state index is 9.35. The first kappa shape index (κ1) is 12.2. The summed E-state index contributed by atoms with van der Waals surface area (Å²) in [5.74, 6) is 0. The van der Waals surface area contributed by atoms with Crippen LogP contribution in [0.4, 0.5) is 5.69 Å². The van der Waals surface area contributed by atoms with Gasteiger partial charge in [0.05, 0.1) is 11.6 Å². The molecule has 0 aliphatic rings. The fraction of sp³-hybridized carbons (Fsp3) is 0.0588. The van der Waals surface area contributed by atoms with Crippen molar-refractivity contribution in [2.45, 2.75) is 6.92 Å². The van der Waals surface area contributed by atoms with E-state index in [1.165, 1.54) is 0 Å². The molecule has 0 spiro atoms. The highest BCUT2D eigenvalue weighted by atomic mass is 14.7. The number of nitrogen functional groups attached to an aromatic ring is 1. The second-order valence-corrected chi connectivity index (χ2v) is 4.73. The van der Waals surface area contributed by atoms with Gasteiger partial charge in [0.15, 0.2) is 0 Å². The Labute approximate surface area is 117 Å². The molecule has 96 valence electrons. The molecule has 0 saturated carbocycles. The predicted molar refractivity (Wildman–Crippen MR) is 81.0 cm³/mol. The van der Waals surface area contributed by atoms with Crippen molar-refractivity contribution in [3.8, 4) is 17.2 Å². The number of hydrogen-bond donors (Lipinski definition) is 1. The average Bonchev–Trinajstić information content (AvgIpc) is 2.49. The predicted octanol–water partition coefficient (Wildman–Crippen LogP) is 3.66. The Morgan fingerprint density at radius 1 is 1.10 bits per heavy atom. The number of fused-ring (bicyclic) bond motifs is 1. The molecule has 20 heavy (non-hydrogen) atoms. The van der Waals surface area contributed by atoms with Crippen LogP contribution in [0.2, 0.25) is 0 Å². The minimum absolute atomic E-state index is 0.598. The van der Waals surface area contributed by atoms with Gasteiger partial charge in [0.2, 0.25) is 0 Å². The summed E-state index contributed by atoms with van der Waals surface area (Å²) >= 11 is 0. The van der Waals surface area contributed by atoms with Gasteiger partial charge in [-0.2, -0.15) is 5.26 Å². The van der Waals surface area contributed by atoms with Crippen molar-refractivity contribution < 1.29 is 0 Å². The number of rotatable bonds is 1. The van der Waals surface area contributed by atoms with Crippen molar-refractivity contribution in [3.05, 3.63) is 59.9 Å². The molecule has 2 aromatic carbocycles. The van der Waals surface area contributed by atoms with E-state index in [9.17, 15) is 5.26 Å². The molecule has 0 bridgehead atoms. The summed E-state index contributed by atoms with van der Waals surface area (Å²) in [5.41, 5.74) is 10.4. The zero-order chi connectivity index (χ0) is 14.1. The molecule has 0 saturated heterocycles. The fourth-order valence-corrected chi connectivity index (χ4v) is 2.39. The summed E-state index contributed by atoms with van der Waals surface area (Å²) < 4.78 is 0. The Hall–Kier alpha value is -2.86. The molecule has 0 amide bonds. The van der Waals surface area contributed by atoms with Crippen LogP contribution in [0.1, 0.15) is 11.3 Å². The van der Waals surface area contributed by atoms with Crippen LogP contribution in [0.3, 0.4) is 0 Å². The summed E-state index contributed by atoms with van der Waals surface area (Å²) in [6.07, 6.45) is 1.72. The van der Waals surface area contributed by atoms with Gasteiger partial charge in [-0.1, -0.05) is 30.3 Å². The van der Waals surface area contributed by atoms with Crippen LogP contribution in [0, 0.1) is 18.3 Å². The summed E-state index contributed by atoms with van der Waals surface area (Å²) in [4.78, 5) is 4.25. The van der Waals surface area contributed by atoms with Gasteiger partial charge in [-0.3, -0.25) is 4.98 Å². The van der Waals surface area contributed by atoms with E-state index in [1.54, 1.807) is 6.20 Å². The molecule has 3 rings (SSSR count). The number of anilines is 1. The van der Waals surface area contributed by atoms with Crippen molar-refractivity contribution in [3.63, 3.8) is 0 Å². The fourth-order valence-electron chi connectivity index (χ4n) is 2.39. The normalized spacial score (nSPS) is 10.4. The number of nitriles is 1. The van der Waals surface area contributed by atoms with E-state index < -0.39 is 0 Å². The number of aromatic nitrogens is 1.